The van der Waals surface area contributed by atoms with Crippen LogP contribution in [0.5, 0.6) is 0 Å². The quantitative estimate of drug-likeness (QED) is 0.401. The Labute approximate surface area is 211 Å². The predicted octanol–water partition coefficient (Wildman–Crippen LogP) is 4.79. The van der Waals surface area contributed by atoms with E-state index in [1.807, 2.05) is 26.0 Å². The summed E-state index contributed by atoms with van der Waals surface area (Å²) in [6, 6.07) is 10.2. The molecule has 0 fully saturated rings. The smallest absolute Gasteiger partial charge is 0.324 e. The van der Waals surface area contributed by atoms with E-state index in [9.17, 15) is 18.0 Å². The second kappa shape index (κ2) is 8.98. The summed E-state index contributed by atoms with van der Waals surface area (Å²) in [4.78, 5) is 26.6. The van der Waals surface area contributed by atoms with Crippen LogP contribution in [0.3, 0.4) is 0 Å². The molecular weight excluding hydrogens is 483 g/mol. The van der Waals surface area contributed by atoms with Crippen LogP contribution in [0.4, 0.5) is 24.8 Å². The van der Waals surface area contributed by atoms with Crippen molar-refractivity contribution in [2.24, 2.45) is 0 Å². The highest BCUT2D eigenvalue weighted by Crippen LogP contribution is 2.39. The van der Waals surface area contributed by atoms with Crippen LogP contribution in [-0.4, -0.2) is 37.0 Å². The van der Waals surface area contributed by atoms with Crippen molar-refractivity contribution in [2.45, 2.75) is 58.3 Å². The lowest BCUT2D eigenvalue weighted by Crippen LogP contribution is -2.37. The van der Waals surface area contributed by atoms with Crippen LogP contribution >= 0.6 is 0 Å². The van der Waals surface area contributed by atoms with Crippen molar-refractivity contribution in [2.75, 3.05) is 11.9 Å². The Morgan fingerprint density at radius 1 is 1.08 bits per heavy atom. The molecule has 8 nitrogen and oxygen atoms in total. The van der Waals surface area contributed by atoms with Gasteiger partial charge in [-0.05, 0) is 76.1 Å². The number of benzene rings is 1. The lowest BCUT2D eigenvalue weighted by atomic mass is 9.88. The van der Waals surface area contributed by atoms with Gasteiger partial charge in [-0.1, -0.05) is 12.1 Å². The zero-order valence-electron chi connectivity index (χ0n) is 21.0. The van der Waals surface area contributed by atoms with Gasteiger partial charge in [0, 0.05) is 24.5 Å². The molecule has 194 valence electrons. The Morgan fingerprint density at radius 3 is 2.59 bits per heavy atom. The summed E-state index contributed by atoms with van der Waals surface area (Å²) < 4.78 is 44.2. The second-order valence-electron chi connectivity index (χ2n) is 10.0. The van der Waals surface area contributed by atoms with Gasteiger partial charge in [-0.15, -0.1) is 0 Å². The number of halogens is 3. The number of aromatic nitrogens is 5. The number of nitrogens with one attached hydrogen (secondary N) is 2. The number of hydrogen-bond donors (Lipinski definition) is 2. The zero-order chi connectivity index (χ0) is 26.5. The van der Waals surface area contributed by atoms with Crippen LogP contribution < -0.4 is 16.2 Å². The minimum Gasteiger partial charge on any atom is -0.324 e. The molecule has 0 atom stereocenters. The summed E-state index contributed by atoms with van der Waals surface area (Å²) in [6.07, 6.45) is -2.15. The molecule has 4 heterocycles. The number of rotatable bonds is 5. The molecule has 5 rings (SSSR count). The van der Waals surface area contributed by atoms with E-state index in [2.05, 4.69) is 31.7 Å². The molecule has 0 amide bonds. The molecule has 0 saturated carbocycles. The maximum Gasteiger partial charge on any atom is 0.399 e. The van der Waals surface area contributed by atoms with Gasteiger partial charge in [-0.2, -0.15) is 18.2 Å². The number of anilines is 2. The zero-order valence-corrected chi connectivity index (χ0v) is 21.0. The van der Waals surface area contributed by atoms with Gasteiger partial charge in [-0.3, -0.25) is 4.79 Å². The van der Waals surface area contributed by atoms with Crippen LogP contribution in [-0.2, 0) is 18.4 Å². The van der Waals surface area contributed by atoms with Crippen molar-refractivity contribution < 1.29 is 13.2 Å². The fraction of sp³-hybridized carbons (Fsp3) is 0.385. The monoisotopic (exact) mass is 511 g/mol. The molecule has 0 radical (unpaired) electrons. The Bertz CT molecular complexity index is 1540. The van der Waals surface area contributed by atoms with Gasteiger partial charge in [0.05, 0.1) is 5.69 Å². The van der Waals surface area contributed by atoms with E-state index in [0.29, 0.717) is 0 Å². The minimum atomic E-state index is -4.50. The molecule has 1 aliphatic rings. The Kier molecular flexibility index (Phi) is 6.06. The highest BCUT2D eigenvalue weighted by Gasteiger charge is 2.49. The van der Waals surface area contributed by atoms with E-state index in [4.69, 9.17) is 0 Å². The van der Waals surface area contributed by atoms with Gasteiger partial charge in [0.2, 0.25) is 5.95 Å². The second-order valence-corrected chi connectivity index (χ2v) is 10.0. The van der Waals surface area contributed by atoms with Crippen molar-refractivity contribution in [1.29, 1.82) is 0 Å². The molecule has 37 heavy (non-hydrogen) atoms. The van der Waals surface area contributed by atoms with Crippen molar-refractivity contribution >= 4 is 22.7 Å². The minimum absolute atomic E-state index is 0.155. The third kappa shape index (κ3) is 4.37. The number of fused-ring (bicyclic) bond motifs is 2. The number of pyridine rings is 1. The first-order valence-corrected chi connectivity index (χ1v) is 12.1. The summed E-state index contributed by atoms with van der Waals surface area (Å²) in [5.41, 5.74) is 0.860. The van der Waals surface area contributed by atoms with E-state index in [1.165, 1.54) is 38.8 Å². The molecule has 3 aromatic heterocycles. The summed E-state index contributed by atoms with van der Waals surface area (Å²) in [7, 11) is 0. The van der Waals surface area contributed by atoms with Crippen molar-refractivity contribution in [3.8, 4) is 5.82 Å². The summed E-state index contributed by atoms with van der Waals surface area (Å²) in [6.45, 7) is 7.53. The number of hydrogen-bond acceptors (Lipinski definition) is 6. The molecule has 0 unspecified atom stereocenters. The largest absolute Gasteiger partial charge is 0.399 e. The average molecular weight is 512 g/mol. The molecule has 0 saturated heterocycles. The number of alkyl halides is 3. The van der Waals surface area contributed by atoms with E-state index in [0.717, 1.165) is 39.0 Å². The highest BCUT2D eigenvalue weighted by atomic mass is 19.4. The molecule has 1 aromatic carbocycles. The number of nitrogens with zero attached hydrogens (tertiary/aromatic N) is 5. The third-order valence-corrected chi connectivity index (χ3v) is 6.76. The SMILES string of the molecule is CC(C)n1c(=O)c2cnc(Nc3ccc4c(c3)CCNC4)nc2n1-c1cccc(C(C)(C)C(F)(F)F)n1. The molecule has 0 spiro atoms. The Hall–Kier alpha value is -3.73. The summed E-state index contributed by atoms with van der Waals surface area (Å²) in [5, 5.41) is 6.79. The average Bonchev–Trinajstić information content (AvgIpc) is 3.15. The molecule has 1 aliphatic heterocycles. The van der Waals surface area contributed by atoms with Gasteiger partial charge in [0.25, 0.3) is 5.56 Å². The van der Waals surface area contributed by atoms with Crippen LogP contribution in [0.25, 0.3) is 16.9 Å². The first kappa shape index (κ1) is 24.9. The van der Waals surface area contributed by atoms with E-state index < -0.39 is 11.6 Å². The van der Waals surface area contributed by atoms with E-state index >= 15 is 0 Å². The van der Waals surface area contributed by atoms with E-state index in [-0.39, 0.29) is 40.1 Å². The fourth-order valence-electron chi connectivity index (χ4n) is 4.46. The maximum absolute atomic E-state index is 13.7. The fourth-order valence-corrected chi connectivity index (χ4v) is 4.46. The lowest BCUT2D eigenvalue weighted by molar-refractivity contribution is -0.181. The molecule has 0 bridgehead atoms. The van der Waals surface area contributed by atoms with Gasteiger partial charge in [-0.25, -0.2) is 19.3 Å². The summed E-state index contributed by atoms with van der Waals surface area (Å²) in [5.74, 6) is 0.435. The first-order valence-electron chi connectivity index (χ1n) is 12.1. The van der Waals surface area contributed by atoms with Crippen molar-refractivity contribution in [3.05, 3.63) is 69.8 Å². The Morgan fingerprint density at radius 2 is 1.86 bits per heavy atom. The standard InChI is InChI=1S/C26H28F3N7O/c1-15(2)35-23(37)19-14-31-24(32-18-9-8-17-13-30-11-10-16(17)12-18)34-22(19)36(35)21-7-5-6-20(33-21)25(3,4)26(27,28)29/h5-9,12,14-15,30H,10-11,13H2,1-4H3,(H,31,32,34). The van der Waals surface area contributed by atoms with Crippen molar-refractivity contribution in [3.63, 3.8) is 0 Å². The normalized spacial score (nSPS) is 14.3. The molecular formula is C26H28F3N7O. The lowest BCUT2D eigenvalue weighted by Gasteiger charge is -2.27. The highest BCUT2D eigenvalue weighted by molar-refractivity contribution is 5.77. The first-order chi connectivity index (χ1) is 17.5. The summed E-state index contributed by atoms with van der Waals surface area (Å²) >= 11 is 0. The molecule has 4 aromatic rings. The van der Waals surface area contributed by atoms with E-state index in [1.54, 1.807) is 6.07 Å². The Balaban J connectivity index is 1.63. The van der Waals surface area contributed by atoms with Crippen LogP contribution in [0.2, 0.25) is 0 Å². The van der Waals surface area contributed by atoms with Crippen LogP contribution in [0.15, 0.2) is 47.4 Å². The van der Waals surface area contributed by atoms with Gasteiger partial charge < -0.3 is 10.6 Å². The van der Waals surface area contributed by atoms with Gasteiger partial charge in [0.1, 0.15) is 10.8 Å². The van der Waals surface area contributed by atoms with Crippen molar-refractivity contribution in [1.82, 2.24) is 29.6 Å². The third-order valence-electron chi connectivity index (χ3n) is 6.76. The van der Waals surface area contributed by atoms with Gasteiger partial charge in [0.15, 0.2) is 11.5 Å². The van der Waals surface area contributed by atoms with Gasteiger partial charge >= 0.3 is 6.18 Å². The molecule has 0 aliphatic carbocycles. The van der Waals surface area contributed by atoms with Crippen LogP contribution in [0.1, 0.15) is 50.6 Å². The molecule has 11 heteroatoms. The van der Waals surface area contributed by atoms with Crippen LogP contribution in [0, 0.1) is 0 Å². The maximum atomic E-state index is 13.7. The predicted molar refractivity (Wildman–Crippen MR) is 136 cm³/mol. The molecule has 2 N–H and O–H groups in total. The topological polar surface area (TPSA) is 89.7 Å².